The SMILES string of the molecule is N#C/C(=C/Nc1cc(Cl)ccn1)C(=O)N1CCCc2ccccc21. The third-order valence-electron chi connectivity index (χ3n) is 3.79. The molecule has 1 aromatic carbocycles. The van der Waals surface area contributed by atoms with Crippen molar-refractivity contribution in [3.05, 3.63) is 65.0 Å². The summed E-state index contributed by atoms with van der Waals surface area (Å²) in [6.45, 7) is 0.601. The number of nitrogens with one attached hydrogen (secondary N) is 1. The number of carbonyl (C=O) groups excluding carboxylic acids is 1. The largest absolute Gasteiger partial charge is 0.345 e. The second kappa shape index (κ2) is 7.16. The van der Waals surface area contributed by atoms with E-state index >= 15 is 0 Å². The van der Waals surface area contributed by atoms with Gasteiger partial charge in [-0.25, -0.2) is 4.98 Å². The fourth-order valence-electron chi connectivity index (χ4n) is 2.66. The van der Waals surface area contributed by atoms with Crippen molar-refractivity contribution in [3.63, 3.8) is 0 Å². The summed E-state index contributed by atoms with van der Waals surface area (Å²) >= 11 is 5.89. The normalized spacial score (nSPS) is 13.8. The minimum Gasteiger partial charge on any atom is -0.345 e. The Morgan fingerprint density at radius 3 is 3.00 bits per heavy atom. The number of hydrogen-bond acceptors (Lipinski definition) is 4. The lowest BCUT2D eigenvalue weighted by Crippen LogP contribution is -2.36. The maximum absolute atomic E-state index is 12.7. The molecule has 24 heavy (non-hydrogen) atoms. The zero-order valence-corrected chi connectivity index (χ0v) is 13.6. The number of nitriles is 1. The average Bonchev–Trinajstić information content (AvgIpc) is 2.61. The lowest BCUT2D eigenvalue weighted by Gasteiger charge is -2.29. The van der Waals surface area contributed by atoms with E-state index in [0.717, 1.165) is 24.1 Å². The molecule has 120 valence electrons. The first-order valence-electron chi connectivity index (χ1n) is 7.57. The Hall–Kier alpha value is -2.84. The molecule has 0 aliphatic carbocycles. The lowest BCUT2D eigenvalue weighted by molar-refractivity contribution is -0.114. The van der Waals surface area contributed by atoms with Crippen molar-refractivity contribution in [3.8, 4) is 6.07 Å². The highest BCUT2D eigenvalue weighted by molar-refractivity contribution is 6.30. The Morgan fingerprint density at radius 2 is 2.21 bits per heavy atom. The number of pyridine rings is 1. The molecular weight excluding hydrogens is 324 g/mol. The van der Waals surface area contributed by atoms with E-state index in [-0.39, 0.29) is 11.5 Å². The monoisotopic (exact) mass is 338 g/mol. The van der Waals surface area contributed by atoms with Gasteiger partial charge < -0.3 is 10.2 Å². The predicted octanol–water partition coefficient (Wildman–Crippen LogP) is 3.53. The van der Waals surface area contributed by atoms with Crippen molar-refractivity contribution >= 4 is 29.0 Å². The van der Waals surface area contributed by atoms with Crippen molar-refractivity contribution in [1.29, 1.82) is 5.26 Å². The molecule has 0 bridgehead atoms. The third-order valence-corrected chi connectivity index (χ3v) is 4.03. The summed E-state index contributed by atoms with van der Waals surface area (Å²) < 4.78 is 0. The minimum absolute atomic E-state index is 0.0217. The van der Waals surface area contributed by atoms with Gasteiger partial charge in [0.2, 0.25) is 0 Å². The van der Waals surface area contributed by atoms with Crippen molar-refractivity contribution < 1.29 is 4.79 Å². The van der Waals surface area contributed by atoms with E-state index in [4.69, 9.17) is 11.6 Å². The van der Waals surface area contributed by atoms with Gasteiger partial charge in [0.25, 0.3) is 5.91 Å². The summed E-state index contributed by atoms with van der Waals surface area (Å²) in [4.78, 5) is 18.5. The van der Waals surface area contributed by atoms with Crippen LogP contribution < -0.4 is 10.2 Å². The molecule has 1 aromatic heterocycles. The molecule has 1 amide bonds. The molecule has 1 aliphatic heterocycles. The summed E-state index contributed by atoms with van der Waals surface area (Å²) in [6.07, 6.45) is 4.74. The number of carbonyl (C=O) groups is 1. The first kappa shape index (κ1) is 16.0. The summed E-state index contributed by atoms with van der Waals surface area (Å²) in [7, 11) is 0. The molecule has 0 unspecified atom stereocenters. The van der Waals surface area contributed by atoms with Crippen LogP contribution in [0.5, 0.6) is 0 Å². The van der Waals surface area contributed by atoms with Crippen molar-refractivity contribution in [2.24, 2.45) is 0 Å². The highest BCUT2D eigenvalue weighted by Gasteiger charge is 2.24. The first-order chi connectivity index (χ1) is 11.7. The second-order valence-electron chi connectivity index (χ2n) is 5.36. The van der Waals surface area contributed by atoms with E-state index in [1.165, 1.54) is 6.20 Å². The Labute approximate surface area is 145 Å². The van der Waals surface area contributed by atoms with Gasteiger partial charge in [-0.2, -0.15) is 5.26 Å². The highest BCUT2D eigenvalue weighted by Crippen LogP contribution is 2.27. The van der Waals surface area contributed by atoms with Crippen LogP contribution in [0, 0.1) is 11.3 Å². The van der Waals surface area contributed by atoms with Gasteiger partial charge >= 0.3 is 0 Å². The van der Waals surface area contributed by atoms with Crippen molar-refractivity contribution in [2.75, 3.05) is 16.8 Å². The molecule has 2 heterocycles. The molecule has 0 saturated heterocycles. The van der Waals surface area contributed by atoms with Crippen LogP contribution in [0.1, 0.15) is 12.0 Å². The summed E-state index contributed by atoms with van der Waals surface area (Å²) in [5.74, 6) is 0.154. The molecule has 3 rings (SSSR count). The fraction of sp³-hybridized carbons (Fsp3) is 0.167. The average molecular weight is 339 g/mol. The van der Waals surface area contributed by atoms with Crippen LogP contribution in [0.15, 0.2) is 54.4 Å². The van der Waals surface area contributed by atoms with Gasteiger partial charge in [0, 0.05) is 29.7 Å². The maximum Gasteiger partial charge on any atom is 0.270 e. The Bertz CT molecular complexity index is 841. The quantitative estimate of drug-likeness (QED) is 0.686. The van der Waals surface area contributed by atoms with Gasteiger partial charge in [-0.3, -0.25) is 4.79 Å². The van der Waals surface area contributed by atoms with Crippen LogP contribution in [0.4, 0.5) is 11.5 Å². The molecule has 0 radical (unpaired) electrons. The molecule has 1 N–H and O–H groups in total. The lowest BCUT2D eigenvalue weighted by atomic mass is 10.0. The van der Waals surface area contributed by atoms with Gasteiger partial charge in [0.1, 0.15) is 17.5 Å². The number of aryl methyl sites for hydroxylation is 1. The number of fused-ring (bicyclic) bond motifs is 1. The standard InChI is InChI=1S/C18H15ClN4O/c19-15-7-8-21-17(10-15)22-12-14(11-20)18(24)23-9-3-5-13-4-1-2-6-16(13)23/h1-2,4,6-8,10,12H,3,5,9H2,(H,21,22)/b14-12-. The van der Waals surface area contributed by atoms with E-state index in [1.807, 2.05) is 30.3 Å². The number of halogens is 1. The second-order valence-corrected chi connectivity index (χ2v) is 5.80. The number of nitrogens with zero attached hydrogens (tertiary/aromatic N) is 3. The van der Waals surface area contributed by atoms with Crippen LogP contribution in [0.25, 0.3) is 0 Å². The van der Waals surface area contributed by atoms with Crippen LogP contribution in [-0.4, -0.2) is 17.4 Å². The van der Waals surface area contributed by atoms with E-state index < -0.39 is 0 Å². The number of amides is 1. The number of anilines is 2. The van der Waals surface area contributed by atoms with E-state index in [0.29, 0.717) is 17.4 Å². The predicted molar refractivity (Wildman–Crippen MR) is 93.7 cm³/mol. The Balaban J connectivity index is 1.83. The van der Waals surface area contributed by atoms with Gasteiger partial charge in [-0.05, 0) is 36.6 Å². The van der Waals surface area contributed by atoms with Crippen molar-refractivity contribution in [2.45, 2.75) is 12.8 Å². The van der Waals surface area contributed by atoms with Gasteiger partial charge in [-0.15, -0.1) is 0 Å². The first-order valence-corrected chi connectivity index (χ1v) is 7.95. The summed E-state index contributed by atoms with van der Waals surface area (Å²) in [5.41, 5.74) is 2.02. The van der Waals surface area contributed by atoms with E-state index in [1.54, 1.807) is 23.2 Å². The topological polar surface area (TPSA) is 69.0 Å². The zero-order valence-electron chi connectivity index (χ0n) is 12.9. The Kier molecular flexibility index (Phi) is 4.78. The molecule has 2 aromatic rings. The van der Waals surface area contributed by atoms with E-state index in [9.17, 15) is 10.1 Å². The minimum atomic E-state index is -0.320. The highest BCUT2D eigenvalue weighted by atomic mass is 35.5. The molecule has 0 spiro atoms. The molecule has 0 fully saturated rings. The summed E-state index contributed by atoms with van der Waals surface area (Å²) in [5, 5.41) is 12.7. The molecule has 1 aliphatic rings. The summed E-state index contributed by atoms with van der Waals surface area (Å²) in [6, 6.07) is 13.0. The van der Waals surface area contributed by atoms with Gasteiger partial charge in [-0.1, -0.05) is 29.8 Å². The van der Waals surface area contributed by atoms with Crippen LogP contribution in [0.2, 0.25) is 5.02 Å². The van der Waals surface area contributed by atoms with Crippen LogP contribution in [-0.2, 0) is 11.2 Å². The number of hydrogen-bond donors (Lipinski definition) is 1. The molecule has 0 atom stereocenters. The number of para-hydroxylation sites is 1. The maximum atomic E-state index is 12.7. The van der Waals surface area contributed by atoms with Gasteiger partial charge in [0.15, 0.2) is 0 Å². The molecule has 6 heteroatoms. The molecule has 5 nitrogen and oxygen atoms in total. The van der Waals surface area contributed by atoms with Crippen LogP contribution >= 0.6 is 11.6 Å². The molecular formula is C18H15ClN4O. The number of rotatable bonds is 3. The smallest absolute Gasteiger partial charge is 0.270 e. The van der Waals surface area contributed by atoms with Crippen molar-refractivity contribution in [1.82, 2.24) is 4.98 Å². The zero-order chi connectivity index (χ0) is 16.9. The third kappa shape index (κ3) is 3.39. The number of aromatic nitrogens is 1. The van der Waals surface area contributed by atoms with E-state index in [2.05, 4.69) is 10.3 Å². The molecule has 0 saturated carbocycles. The number of benzene rings is 1. The van der Waals surface area contributed by atoms with Gasteiger partial charge in [0.05, 0.1) is 0 Å². The van der Waals surface area contributed by atoms with Crippen LogP contribution in [0.3, 0.4) is 0 Å². The Morgan fingerprint density at radius 1 is 1.38 bits per heavy atom. The fourth-order valence-corrected chi connectivity index (χ4v) is 2.82.